The molecule has 0 amide bonds. The quantitative estimate of drug-likeness (QED) is 0.318. The van der Waals surface area contributed by atoms with E-state index in [-0.39, 0.29) is 18.1 Å². The number of carbonyl (C=O) groups excluding carboxylic acids is 1. The highest BCUT2D eigenvalue weighted by molar-refractivity contribution is 8.00. The number of aliphatic imine (C=N–C) groups is 1. The minimum absolute atomic E-state index is 0.0825. The summed E-state index contributed by atoms with van der Waals surface area (Å²) < 4.78 is 30.2. The Kier molecular flexibility index (Phi) is 8.83. The first-order chi connectivity index (χ1) is 16.1. The molecule has 2 aliphatic heterocycles. The first-order valence-corrected chi connectivity index (χ1v) is 13.4. The number of para-hydroxylation sites is 1. The number of hydrogen-bond donors (Lipinski definition) is 3. The highest BCUT2D eigenvalue weighted by atomic mass is 32.2. The number of hydrogen-bond acceptors (Lipinski definition) is 10. The number of nitrogens with two attached hydrogens (primary N) is 1. The number of amidine groups is 1. The van der Waals surface area contributed by atoms with Crippen molar-refractivity contribution in [1.29, 1.82) is 0 Å². The number of carbonyl (C=O) groups is 1. The van der Waals surface area contributed by atoms with Crippen molar-refractivity contribution in [2.24, 2.45) is 10.7 Å². The van der Waals surface area contributed by atoms with Crippen LogP contribution in [0.15, 0.2) is 60.0 Å². The van der Waals surface area contributed by atoms with Gasteiger partial charge in [0.1, 0.15) is 23.4 Å². The van der Waals surface area contributed by atoms with Crippen LogP contribution in [0, 0.1) is 0 Å². The van der Waals surface area contributed by atoms with Gasteiger partial charge in [-0.25, -0.2) is 9.56 Å². The largest absolute Gasteiger partial charge is 0.462 e. The fourth-order valence-corrected chi connectivity index (χ4v) is 6.38. The molecule has 10 nitrogen and oxygen atoms in total. The van der Waals surface area contributed by atoms with Crippen molar-refractivity contribution in [3.63, 3.8) is 0 Å². The number of aliphatic hydroxyl groups is 1. The Morgan fingerprint density at radius 2 is 2.09 bits per heavy atom. The molecule has 0 radical (unpaired) electrons. The molecule has 4 N–H and O–H groups in total. The number of benzene rings is 1. The smallest absolute Gasteiger partial charge is 0.459 e. The van der Waals surface area contributed by atoms with Gasteiger partial charge >= 0.3 is 13.7 Å². The van der Waals surface area contributed by atoms with Crippen molar-refractivity contribution in [2.75, 3.05) is 6.61 Å². The number of thioether (sulfide) groups is 1. The van der Waals surface area contributed by atoms with Gasteiger partial charge in [0, 0.05) is 12.6 Å². The van der Waals surface area contributed by atoms with E-state index in [1.165, 1.54) is 18.7 Å². The van der Waals surface area contributed by atoms with Crippen LogP contribution in [0.2, 0.25) is 0 Å². The van der Waals surface area contributed by atoms with Gasteiger partial charge in [0.15, 0.2) is 0 Å². The normalized spacial score (nSPS) is 25.1. The number of aliphatic hydroxyl groups excluding tert-OH is 1. The lowest BCUT2D eigenvalue weighted by molar-refractivity contribution is -0.149. The van der Waals surface area contributed by atoms with Crippen molar-refractivity contribution < 1.29 is 28.3 Å². The Morgan fingerprint density at radius 1 is 1.38 bits per heavy atom. The Hall–Kier alpha value is -2.30. The van der Waals surface area contributed by atoms with Crippen molar-refractivity contribution >= 4 is 31.3 Å². The van der Waals surface area contributed by atoms with Crippen molar-refractivity contribution in [3.8, 4) is 5.75 Å². The fraction of sp³-hybridized carbons (Fsp3) is 0.455. The molecule has 0 saturated carbocycles. The van der Waals surface area contributed by atoms with E-state index in [1.54, 1.807) is 56.5 Å². The molecule has 1 aromatic rings. The number of nitrogens with one attached hydrogen (secondary N) is 1. The summed E-state index contributed by atoms with van der Waals surface area (Å²) in [6.07, 6.45) is 2.80. The van der Waals surface area contributed by atoms with Crippen LogP contribution in [0.5, 0.6) is 5.75 Å². The lowest BCUT2D eigenvalue weighted by Gasteiger charge is -2.28. The van der Waals surface area contributed by atoms with E-state index in [9.17, 15) is 14.5 Å². The highest BCUT2D eigenvalue weighted by Crippen LogP contribution is 2.47. The van der Waals surface area contributed by atoms with Gasteiger partial charge in [0.25, 0.3) is 0 Å². The summed E-state index contributed by atoms with van der Waals surface area (Å²) in [6, 6.07) is 7.56. The van der Waals surface area contributed by atoms with E-state index in [2.05, 4.69) is 16.7 Å². The standard InChI is InChI=1S/C22H31N4O6PS/c1-14(2)31-22(28)15(3)25-33(29,32-17-8-6-5-7-9-17)30-13-19-18(27)12-21(34-19)26-11-10-20(23)24-16(26)4/h5-11,14-15,18-19,21,27H,4,12-13H2,1-3H3,(H2,23,24)(H,25,29)/t15-,18+,19+,21+,33?/m0/s1. The molecule has 186 valence electrons. The molecule has 34 heavy (non-hydrogen) atoms. The molecule has 3 rings (SSSR count). The molecular weight excluding hydrogens is 479 g/mol. The molecule has 1 fully saturated rings. The van der Waals surface area contributed by atoms with Crippen molar-refractivity contribution in [1.82, 2.24) is 9.99 Å². The molecule has 2 heterocycles. The van der Waals surface area contributed by atoms with Crippen molar-refractivity contribution in [2.45, 2.75) is 56.1 Å². The molecule has 1 unspecified atom stereocenters. The van der Waals surface area contributed by atoms with Crippen LogP contribution in [0.1, 0.15) is 27.2 Å². The second kappa shape index (κ2) is 11.4. The Labute approximate surface area is 203 Å². The molecule has 0 bridgehead atoms. The van der Waals surface area contributed by atoms with E-state index in [0.29, 0.717) is 23.8 Å². The molecule has 0 spiro atoms. The molecule has 1 aromatic carbocycles. The third kappa shape index (κ3) is 7.10. The first kappa shape index (κ1) is 26.3. The van der Waals surface area contributed by atoms with Crippen LogP contribution in [0.3, 0.4) is 0 Å². The van der Waals surface area contributed by atoms with E-state index >= 15 is 0 Å². The van der Waals surface area contributed by atoms with Gasteiger partial charge in [0.2, 0.25) is 0 Å². The summed E-state index contributed by atoms with van der Waals surface area (Å²) in [5.74, 6) is 0.565. The van der Waals surface area contributed by atoms with Crippen LogP contribution >= 0.6 is 19.5 Å². The van der Waals surface area contributed by atoms with Gasteiger partial charge in [-0.1, -0.05) is 24.8 Å². The van der Waals surface area contributed by atoms with Crippen LogP contribution in [-0.4, -0.2) is 57.3 Å². The summed E-state index contributed by atoms with van der Waals surface area (Å²) in [7, 11) is -4.00. The molecule has 5 atom stereocenters. The zero-order valence-electron chi connectivity index (χ0n) is 19.4. The minimum atomic E-state index is -4.00. The molecule has 0 aliphatic carbocycles. The zero-order valence-corrected chi connectivity index (χ0v) is 21.1. The maximum absolute atomic E-state index is 13.6. The lowest BCUT2D eigenvalue weighted by Crippen LogP contribution is -2.37. The second-order valence-corrected chi connectivity index (χ2v) is 11.3. The minimum Gasteiger partial charge on any atom is -0.462 e. The summed E-state index contributed by atoms with van der Waals surface area (Å²) in [5, 5.41) is 12.7. The van der Waals surface area contributed by atoms with E-state index in [0.717, 1.165) is 0 Å². The van der Waals surface area contributed by atoms with Crippen LogP contribution in [-0.2, 0) is 18.6 Å². The topological polar surface area (TPSA) is 136 Å². The van der Waals surface area contributed by atoms with Gasteiger partial charge in [-0.3, -0.25) is 9.32 Å². The fourth-order valence-electron chi connectivity index (χ4n) is 3.29. The van der Waals surface area contributed by atoms with Crippen LogP contribution in [0.25, 0.3) is 0 Å². The predicted octanol–water partition coefficient (Wildman–Crippen LogP) is 2.97. The maximum Gasteiger partial charge on any atom is 0.459 e. The predicted molar refractivity (Wildman–Crippen MR) is 132 cm³/mol. The van der Waals surface area contributed by atoms with E-state index in [4.69, 9.17) is 19.5 Å². The van der Waals surface area contributed by atoms with Gasteiger partial charge < -0.3 is 25.0 Å². The molecule has 2 aliphatic rings. The van der Waals surface area contributed by atoms with Crippen molar-refractivity contribution in [3.05, 3.63) is 55.0 Å². The summed E-state index contributed by atoms with van der Waals surface area (Å²) in [6.45, 7) is 8.79. The second-order valence-electron chi connectivity index (χ2n) is 8.14. The molecule has 1 saturated heterocycles. The van der Waals surface area contributed by atoms with Crippen LogP contribution in [0.4, 0.5) is 0 Å². The van der Waals surface area contributed by atoms with Crippen LogP contribution < -0.4 is 15.3 Å². The van der Waals surface area contributed by atoms with Gasteiger partial charge in [-0.15, -0.1) is 11.8 Å². The van der Waals surface area contributed by atoms with Gasteiger partial charge in [-0.05, 0) is 39.0 Å². The summed E-state index contributed by atoms with van der Waals surface area (Å²) in [5.41, 5.74) is 5.70. The number of nitrogens with zero attached hydrogens (tertiary/aromatic N) is 2. The molecule has 0 aromatic heterocycles. The molecular formula is C22H31N4O6PS. The average molecular weight is 511 g/mol. The third-order valence-electron chi connectivity index (χ3n) is 4.91. The highest BCUT2D eigenvalue weighted by Gasteiger charge is 2.40. The Morgan fingerprint density at radius 3 is 2.74 bits per heavy atom. The number of rotatable bonds is 10. The Bertz CT molecular complexity index is 989. The Balaban J connectivity index is 1.67. The van der Waals surface area contributed by atoms with Gasteiger partial charge in [0.05, 0.1) is 29.4 Å². The average Bonchev–Trinajstić information content (AvgIpc) is 3.12. The van der Waals surface area contributed by atoms with E-state index in [1.807, 2.05) is 4.90 Å². The monoisotopic (exact) mass is 510 g/mol. The number of ether oxygens (including phenoxy) is 1. The van der Waals surface area contributed by atoms with Gasteiger partial charge in [-0.2, -0.15) is 5.09 Å². The summed E-state index contributed by atoms with van der Waals surface area (Å²) in [4.78, 5) is 18.2. The maximum atomic E-state index is 13.6. The molecule has 12 heteroatoms. The van der Waals surface area contributed by atoms with E-state index < -0.39 is 31.1 Å². The number of esters is 1. The first-order valence-electron chi connectivity index (χ1n) is 10.9. The summed E-state index contributed by atoms with van der Waals surface area (Å²) >= 11 is 1.44. The zero-order chi connectivity index (χ0) is 24.9. The SMILES string of the molecule is C=C1N=C(N)C=CN1[C@H]1C[C@@H](O)[C@@H](COP(=O)(N[C@@H](C)C(=O)OC(C)C)Oc2ccccc2)S1. The third-order valence-corrected chi connectivity index (χ3v) is 8.09. The lowest BCUT2D eigenvalue weighted by atomic mass is 10.2.